The van der Waals surface area contributed by atoms with Gasteiger partial charge in [0.15, 0.2) is 0 Å². The highest BCUT2D eigenvalue weighted by Gasteiger charge is 2.29. The molecule has 0 radical (unpaired) electrons. The van der Waals surface area contributed by atoms with E-state index in [2.05, 4.69) is 46.8 Å². The summed E-state index contributed by atoms with van der Waals surface area (Å²) in [6.07, 6.45) is -1.41. The Bertz CT molecular complexity index is 1480. The van der Waals surface area contributed by atoms with Gasteiger partial charge in [-0.2, -0.15) is 0 Å². The molecule has 0 atom stereocenters. The Balaban J connectivity index is 1.43. The number of rotatable bonds is 8. The van der Waals surface area contributed by atoms with E-state index < -0.39 is 6.16 Å². The first kappa shape index (κ1) is 24.8. The second kappa shape index (κ2) is 11.0. The minimum Gasteiger partial charge on any atom is -0.449 e. The average Bonchev–Trinajstić information content (AvgIpc) is 3.23. The zero-order chi connectivity index (χ0) is 26.5. The maximum Gasteiger partial charge on any atom is 0.511 e. The summed E-state index contributed by atoms with van der Waals surface area (Å²) in [6, 6.07) is 32.8. The number of anilines is 2. The quantitative estimate of drug-likeness (QED) is 0.148. The number of hydrogen-bond donors (Lipinski definition) is 3. The lowest BCUT2D eigenvalue weighted by Crippen LogP contribution is -2.17. The van der Waals surface area contributed by atoms with E-state index >= 15 is 0 Å². The van der Waals surface area contributed by atoms with Crippen LogP contribution in [0.3, 0.4) is 0 Å². The molecule has 0 fully saturated rings. The molecule has 7 nitrogen and oxygen atoms in total. The summed E-state index contributed by atoms with van der Waals surface area (Å²) in [5.74, 6) is -0.139. The summed E-state index contributed by atoms with van der Waals surface area (Å²) >= 11 is 0. The van der Waals surface area contributed by atoms with Crippen molar-refractivity contribution in [3.05, 3.63) is 125 Å². The molecule has 38 heavy (non-hydrogen) atoms. The molecule has 0 aromatic heterocycles. The molecular formula is C31H27N3O4. The SMILES string of the molecule is CN(Cc1ccccc1)Cc1ccc(N/C(=C2\C(=O)Nc3ccc(OC(=O)O)cc32)c2ccccc2)cc1. The third-order valence-electron chi connectivity index (χ3n) is 6.22. The first-order valence-electron chi connectivity index (χ1n) is 12.2. The van der Waals surface area contributed by atoms with E-state index in [-0.39, 0.29) is 11.7 Å². The van der Waals surface area contributed by atoms with Crippen LogP contribution in [0.15, 0.2) is 103 Å². The number of carbonyl (C=O) groups excluding carboxylic acids is 1. The number of fused-ring (bicyclic) bond motifs is 1. The maximum atomic E-state index is 13.1. The molecule has 1 heterocycles. The van der Waals surface area contributed by atoms with Crippen LogP contribution in [0.4, 0.5) is 16.2 Å². The third-order valence-corrected chi connectivity index (χ3v) is 6.22. The van der Waals surface area contributed by atoms with E-state index in [1.807, 2.05) is 60.7 Å². The van der Waals surface area contributed by atoms with Crippen molar-refractivity contribution in [1.82, 2.24) is 4.90 Å². The van der Waals surface area contributed by atoms with Gasteiger partial charge in [0.1, 0.15) is 5.75 Å². The minimum atomic E-state index is -1.41. The van der Waals surface area contributed by atoms with Crippen LogP contribution in [0.25, 0.3) is 11.3 Å². The molecule has 1 amide bonds. The zero-order valence-corrected chi connectivity index (χ0v) is 20.8. The number of carboxylic acid groups (broad SMARTS) is 1. The Labute approximate surface area is 221 Å². The van der Waals surface area contributed by atoms with Gasteiger partial charge in [-0.25, -0.2) is 4.79 Å². The van der Waals surface area contributed by atoms with Gasteiger partial charge in [-0.05, 0) is 54.1 Å². The van der Waals surface area contributed by atoms with Crippen LogP contribution in [0.2, 0.25) is 0 Å². The standard InChI is InChI=1S/C31H27N3O4/c1-34(19-21-8-4-2-5-9-21)20-22-12-14-24(15-13-22)32-29(23-10-6-3-7-11-23)28-26-18-25(38-31(36)37)16-17-27(26)33-30(28)35/h2-18,32H,19-20H2,1H3,(H,33,35)(H,36,37)/b29-28-. The van der Waals surface area contributed by atoms with Crippen LogP contribution < -0.4 is 15.4 Å². The van der Waals surface area contributed by atoms with E-state index in [4.69, 9.17) is 9.84 Å². The number of benzene rings is 4. The molecule has 1 aliphatic heterocycles. The topological polar surface area (TPSA) is 90.9 Å². The fourth-order valence-electron chi connectivity index (χ4n) is 4.54. The summed E-state index contributed by atoms with van der Waals surface area (Å²) in [5, 5.41) is 15.3. The summed E-state index contributed by atoms with van der Waals surface area (Å²) in [7, 11) is 2.09. The second-order valence-electron chi connectivity index (χ2n) is 9.13. The molecule has 7 heteroatoms. The largest absolute Gasteiger partial charge is 0.511 e. The maximum absolute atomic E-state index is 13.1. The summed E-state index contributed by atoms with van der Waals surface area (Å²) < 4.78 is 4.84. The molecule has 3 N–H and O–H groups in total. The lowest BCUT2D eigenvalue weighted by atomic mass is 9.99. The first-order valence-corrected chi connectivity index (χ1v) is 12.2. The monoisotopic (exact) mass is 505 g/mol. The fourth-order valence-corrected chi connectivity index (χ4v) is 4.54. The third kappa shape index (κ3) is 5.74. The number of carbonyl (C=O) groups is 2. The van der Waals surface area contributed by atoms with Gasteiger partial charge in [-0.15, -0.1) is 0 Å². The summed E-state index contributed by atoms with van der Waals surface area (Å²) in [6.45, 7) is 1.65. The number of amides is 1. The molecule has 4 aromatic rings. The van der Waals surface area contributed by atoms with Crippen molar-refractivity contribution in [2.24, 2.45) is 0 Å². The lowest BCUT2D eigenvalue weighted by molar-refractivity contribution is -0.110. The van der Waals surface area contributed by atoms with Crippen LogP contribution >= 0.6 is 0 Å². The van der Waals surface area contributed by atoms with Crippen molar-refractivity contribution in [2.75, 3.05) is 17.7 Å². The highest BCUT2D eigenvalue weighted by Crippen LogP contribution is 2.39. The Morgan fingerprint density at radius 3 is 2.16 bits per heavy atom. The Kier molecular flexibility index (Phi) is 7.19. The highest BCUT2D eigenvalue weighted by atomic mass is 16.7. The number of nitrogens with zero attached hydrogens (tertiary/aromatic N) is 1. The van der Waals surface area contributed by atoms with Crippen LogP contribution in [-0.4, -0.2) is 29.1 Å². The number of ether oxygens (including phenoxy) is 1. The second-order valence-corrected chi connectivity index (χ2v) is 9.13. The molecule has 1 aliphatic rings. The van der Waals surface area contributed by atoms with Crippen molar-refractivity contribution in [3.8, 4) is 5.75 Å². The van der Waals surface area contributed by atoms with Gasteiger partial charge in [0, 0.05) is 30.0 Å². The molecule has 0 bridgehead atoms. The number of hydrogen-bond acceptors (Lipinski definition) is 5. The van der Waals surface area contributed by atoms with E-state index in [1.165, 1.54) is 17.2 Å². The van der Waals surface area contributed by atoms with Gasteiger partial charge < -0.3 is 20.5 Å². The van der Waals surface area contributed by atoms with Crippen molar-refractivity contribution in [2.45, 2.75) is 13.1 Å². The summed E-state index contributed by atoms with van der Waals surface area (Å²) in [4.78, 5) is 26.4. The molecule has 0 spiro atoms. The Hall–Kier alpha value is -4.88. The minimum absolute atomic E-state index is 0.140. The van der Waals surface area contributed by atoms with Crippen molar-refractivity contribution >= 4 is 34.7 Å². The predicted molar refractivity (Wildman–Crippen MR) is 149 cm³/mol. The van der Waals surface area contributed by atoms with Crippen molar-refractivity contribution in [1.29, 1.82) is 0 Å². The highest BCUT2D eigenvalue weighted by molar-refractivity contribution is 6.37. The van der Waals surface area contributed by atoms with Gasteiger partial charge in [0.05, 0.1) is 11.3 Å². The van der Waals surface area contributed by atoms with E-state index in [0.29, 0.717) is 22.5 Å². The molecule has 0 aliphatic carbocycles. The Morgan fingerprint density at radius 1 is 0.868 bits per heavy atom. The Morgan fingerprint density at radius 2 is 1.50 bits per heavy atom. The normalized spacial score (nSPS) is 13.6. The van der Waals surface area contributed by atoms with Crippen molar-refractivity contribution in [3.63, 3.8) is 0 Å². The zero-order valence-electron chi connectivity index (χ0n) is 20.8. The van der Waals surface area contributed by atoms with Crippen molar-refractivity contribution < 1.29 is 19.4 Å². The average molecular weight is 506 g/mol. The van der Waals surface area contributed by atoms with Crippen LogP contribution in [0.1, 0.15) is 22.3 Å². The lowest BCUT2D eigenvalue weighted by Gasteiger charge is -2.18. The van der Waals surface area contributed by atoms with E-state index in [0.717, 1.165) is 24.3 Å². The molecule has 0 unspecified atom stereocenters. The van der Waals surface area contributed by atoms with Gasteiger partial charge >= 0.3 is 6.16 Å². The predicted octanol–water partition coefficient (Wildman–Crippen LogP) is 6.31. The van der Waals surface area contributed by atoms with Crippen LogP contribution in [0, 0.1) is 0 Å². The van der Waals surface area contributed by atoms with Gasteiger partial charge in [0.25, 0.3) is 5.91 Å². The van der Waals surface area contributed by atoms with Crippen LogP contribution in [0.5, 0.6) is 5.75 Å². The number of nitrogens with one attached hydrogen (secondary N) is 2. The molecular weight excluding hydrogens is 478 g/mol. The van der Waals surface area contributed by atoms with Gasteiger partial charge in [-0.3, -0.25) is 9.69 Å². The van der Waals surface area contributed by atoms with Gasteiger partial charge in [0.2, 0.25) is 0 Å². The first-order chi connectivity index (χ1) is 18.5. The molecule has 0 saturated carbocycles. The van der Waals surface area contributed by atoms with Crippen LogP contribution in [-0.2, 0) is 17.9 Å². The molecule has 0 saturated heterocycles. The van der Waals surface area contributed by atoms with E-state index in [9.17, 15) is 9.59 Å². The molecule has 4 aromatic carbocycles. The van der Waals surface area contributed by atoms with Gasteiger partial charge in [-0.1, -0.05) is 72.8 Å². The summed E-state index contributed by atoms with van der Waals surface area (Å²) in [5.41, 5.74) is 6.26. The van der Waals surface area contributed by atoms with E-state index in [1.54, 1.807) is 12.1 Å². The fraction of sp³-hybridized carbons (Fsp3) is 0.0968. The molecule has 190 valence electrons. The molecule has 5 rings (SSSR count). The smallest absolute Gasteiger partial charge is 0.449 e.